The molecule has 0 saturated heterocycles. The summed E-state index contributed by atoms with van der Waals surface area (Å²) in [5.41, 5.74) is 0.569. The van der Waals surface area contributed by atoms with Gasteiger partial charge in [0.15, 0.2) is 21.3 Å². The second kappa shape index (κ2) is 8.57. The van der Waals surface area contributed by atoms with Crippen molar-refractivity contribution in [2.45, 2.75) is 11.3 Å². The number of methoxy groups -OCH3 is 3. The van der Waals surface area contributed by atoms with Crippen molar-refractivity contribution in [2.24, 2.45) is 0 Å². The maximum atomic E-state index is 12.4. The number of anilines is 1. The van der Waals surface area contributed by atoms with E-state index in [0.717, 1.165) is 0 Å². The Labute approximate surface area is 152 Å². The summed E-state index contributed by atoms with van der Waals surface area (Å²) < 4.78 is 40.1. The molecule has 0 unspecified atom stereocenters. The van der Waals surface area contributed by atoms with Crippen LogP contribution in [-0.4, -0.2) is 41.4 Å². The van der Waals surface area contributed by atoms with Gasteiger partial charge in [-0.05, 0) is 36.4 Å². The van der Waals surface area contributed by atoms with E-state index in [1.807, 2.05) is 0 Å². The van der Waals surface area contributed by atoms with E-state index >= 15 is 0 Å². The number of benzene rings is 2. The van der Waals surface area contributed by atoms with Gasteiger partial charge < -0.3 is 19.5 Å². The lowest BCUT2D eigenvalue weighted by molar-refractivity contribution is -0.115. The number of carbonyl (C=O) groups excluding carboxylic acids is 1. The number of hydrogen-bond acceptors (Lipinski definition) is 6. The summed E-state index contributed by atoms with van der Waals surface area (Å²) in [4.78, 5) is 12.1. The number of hydrogen-bond donors (Lipinski definition) is 1. The molecule has 26 heavy (non-hydrogen) atoms. The highest BCUT2D eigenvalue weighted by molar-refractivity contribution is 7.91. The molecule has 0 aliphatic heterocycles. The van der Waals surface area contributed by atoms with Crippen molar-refractivity contribution in [3.05, 3.63) is 42.5 Å². The number of amides is 1. The van der Waals surface area contributed by atoms with Crippen LogP contribution in [0.3, 0.4) is 0 Å². The van der Waals surface area contributed by atoms with Crippen molar-refractivity contribution in [2.75, 3.05) is 32.4 Å². The molecule has 0 spiro atoms. The van der Waals surface area contributed by atoms with Crippen molar-refractivity contribution < 1.29 is 27.4 Å². The second-order valence-electron chi connectivity index (χ2n) is 5.36. The van der Waals surface area contributed by atoms with Gasteiger partial charge in [-0.2, -0.15) is 0 Å². The molecule has 2 aromatic rings. The standard InChI is InChI=1S/C18H21NO6S/c1-23-14-6-4-13(5-7-14)19-18(20)10-11-26(21,22)15-8-9-16(24-2)17(12-15)25-3/h4-9,12H,10-11H2,1-3H3,(H,19,20). The summed E-state index contributed by atoms with van der Waals surface area (Å²) >= 11 is 0. The van der Waals surface area contributed by atoms with Gasteiger partial charge in [-0.3, -0.25) is 4.79 Å². The van der Waals surface area contributed by atoms with Crippen LogP contribution < -0.4 is 19.5 Å². The Balaban J connectivity index is 2.01. The molecule has 0 fully saturated rings. The summed E-state index contributed by atoms with van der Waals surface area (Å²) in [6.07, 6.45) is -0.164. The van der Waals surface area contributed by atoms with E-state index in [1.54, 1.807) is 31.4 Å². The average molecular weight is 379 g/mol. The molecule has 0 radical (unpaired) electrons. The first-order valence-corrected chi connectivity index (χ1v) is 9.43. The van der Waals surface area contributed by atoms with Crippen LogP contribution in [0.25, 0.3) is 0 Å². The van der Waals surface area contributed by atoms with E-state index < -0.39 is 9.84 Å². The summed E-state index contributed by atoms with van der Waals surface area (Å²) in [6.45, 7) is 0. The second-order valence-corrected chi connectivity index (χ2v) is 7.47. The number of sulfone groups is 1. The van der Waals surface area contributed by atoms with Gasteiger partial charge in [-0.15, -0.1) is 0 Å². The zero-order valence-corrected chi connectivity index (χ0v) is 15.6. The van der Waals surface area contributed by atoms with Crippen LogP contribution in [0, 0.1) is 0 Å². The molecule has 1 N–H and O–H groups in total. The van der Waals surface area contributed by atoms with E-state index in [4.69, 9.17) is 14.2 Å². The fourth-order valence-electron chi connectivity index (χ4n) is 2.25. The summed E-state index contributed by atoms with van der Waals surface area (Å²) in [5.74, 6) is 0.711. The van der Waals surface area contributed by atoms with Crippen LogP contribution in [0.15, 0.2) is 47.4 Å². The van der Waals surface area contributed by atoms with E-state index in [2.05, 4.69) is 5.32 Å². The van der Waals surface area contributed by atoms with Crippen molar-refractivity contribution >= 4 is 21.4 Å². The first kappa shape index (κ1) is 19.6. The highest BCUT2D eigenvalue weighted by Gasteiger charge is 2.19. The molecule has 0 bridgehead atoms. The average Bonchev–Trinajstić information content (AvgIpc) is 2.66. The molecule has 0 aliphatic rings. The zero-order chi connectivity index (χ0) is 19.2. The van der Waals surface area contributed by atoms with E-state index in [1.165, 1.54) is 32.4 Å². The van der Waals surface area contributed by atoms with Gasteiger partial charge in [0.05, 0.1) is 32.0 Å². The molecule has 7 nitrogen and oxygen atoms in total. The lowest BCUT2D eigenvalue weighted by atomic mass is 10.3. The van der Waals surface area contributed by atoms with Gasteiger partial charge >= 0.3 is 0 Å². The third kappa shape index (κ3) is 4.89. The maximum Gasteiger partial charge on any atom is 0.225 e. The van der Waals surface area contributed by atoms with Gasteiger partial charge in [-0.1, -0.05) is 0 Å². The minimum atomic E-state index is -3.63. The van der Waals surface area contributed by atoms with Gasteiger partial charge in [0.1, 0.15) is 5.75 Å². The molecule has 8 heteroatoms. The number of rotatable bonds is 8. The summed E-state index contributed by atoms with van der Waals surface area (Å²) in [5, 5.41) is 2.65. The van der Waals surface area contributed by atoms with Gasteiger partial charge in [0, 0.05) is 18.2 Å². The molecule has 0 saturated carbocycles. The predicted molar refractivity (Wildman–Crippen MR) is 97.8 cm³/mol. The van der Waals surface area contributed by atoms with Crippen molar-refractivity contribution in [1.82, 2.24) is 0 Å². The quantitative estimate of drug-likeness (QED) is 0.758. The Bertz CT molecular complexity index is 862. The highest BCUT2D eigenvalue weighted by atomic mass is 32.2. The topological polar surface area (TPSA) is 90.9 Å². The molecule has 2 aromatic carbocycles. The Morgan fingerprint density at radius 1 is 0.923 bits per heavy atom. The fourth-order valence-corrected chi connectivity index (χ4v) is 3.50. The first-order valence-electron chi connectivity index (χ1n) is 7.78. The van der Waals surface area contributed by atoms with E-state index in [0.29, 0.717) is 22.9 Å². The molecular weight excluding hydrogens is 358 g/mol. The van der Waals surface area contributed by atoms with Gasteiger partial charge in [-0.25, -0.2) is 8.42 Å². The van der Waals surface area contributed by atoms with Crippen LogP contribution in [-0.2, 0) is 14.6 Å². The molecule has 0 aromatic heterocycles. The minimum absolute atomic E-state index is 0.0763. The molecule has 0 aliphatic carbocycles. The molecule has 2 rings (SSSR count). The lowest BCUT2D eigenvalue weighted by Gasteiger charge is -2.10. The minimum Gasteiger partial charge on any atom is -0.497 e. The van der Waals surface area contributed by atoms with Gasteiger partial charge in [0.2, 0.25) is 5.91 Å². The first-order chi connectivity index (χ1) is 12.4. The number of nitrogens with one attached hydrogen (secondary N) is 1. The summed E-state index contributed by atoms with van der Waals surface area (Å²) in [7, 11) is 0.811. The maximum absolute atomic E-state index is 12.4. The molecule has 140 valence electrons. The van der Waals surface area contributed by atoms with Crippen LogP contribution in [0.4, 0.5) is 5.69 Å². The number of carbonyl (C=O) groups is 1. The van der Waals surface area contributed by atoms with Crippen LogP contribution >= 0.6 is 0 Å². The van der Waals surface area contributed by atoms with Gasteiger partial charge in [0.25, 0.3) is 0 Å². The van der Waals surface area contributed by atoms with Crippen LogP contribution in [0.5, 0.6) is 17.2 Å². The smallest absolute Gasteiger partial charge is 0.225 e. The molecular formula is C18H21NO6S. The molecule has 0 heterocycles. The Morgan fingerprint density at radius 3 is 2.15 bits per heavy atom. The van der Waals surface area contributed by atoms with Crippen molar-refractivity contribution in [1.29, 1.82) is 0 Å². The van der Waals surface area contributed by atoms with E-state index in [-0.39, 0.29) is 23.0 Å². The summed E-state index contributed by atoms with van der Waals surface area (Å²) in [6, 6.07) is 11.1. The van der Waals surface area contributed by atoms with Crippen molar-refractivity contribution in [3.8, 4) is 17.2 Å². The lowest BCUT2D eigenvalue weighted by Crippen LogP contribution is -2.17. The third-order valence-corrected chi connectivity index (χ3v) is 5.40. The predicted octanol–water partition coefficient (Wildman–Crippen LogP) is 2.51. The SMILES string of the molecule is COc1ccc(NC(=O)CCS(=O)(=O)c2ccc(OC)c(OC)c2)cc1. The zero-order valence-electron chi connectivity index (χ0n) is 14.8. The highest BCUT2D eigenvalue weighted by Crippen LogP contribution is 2.30. The monoisotopic (exact) mass is 379 g/mol. The molecule has 0 atom stereocenters. The van der Waals surface area contributed by atoms with E-state index in [9.17, 15) is 13.2 Å². The molecule has 1 amide bonds. The Morgan fingerprint density at radius 2 is 1.58 bits per heavy atom. The van der Waals surface area contributed by atoms with Crippen LogP contribution in [0.2, 0.25) is 0 Å². The van der Waals surface area contributed by atoms with Crippen molar-refractivity contribution in [3.63, 3.8) is 0 Å². The third-order valence-electron chi connectivity index (χ3n) is 3.69. The largest absolute Gasteiger partial charge is 0.497 e. The van der Waals surface area contributed by atoms with Crippen LogP contribution in [0.1, 0.15) is 6.42 Å². The Hall–Kier alpha value is -2.74. The Kier molecular flexibility index (Phi) is 6.46. The fraction of sp³-hybridized carbons (Fsp3) is 0.278. The normalized spacial score (nSPS) is 10.9. The number of ether oxygens (including phenoxy) is 3.